The Kier molecular flexibility index (Phi) is 4.14. The molecule has 0 aliphatic rings. The van der Waals surface area contributed by atoms with Crippen molar-refractivity contribution >= 4 is 12.2 Å². The third-order valence-electron chi connectivity index (χ3n) is 2.29. The van der Waals surface area contributed by atoms with E-state index in [-0.39, 0.29) is 12.6 Å². The summed E-state index contributed by atoms with van der Waals surface area (Å²) < 4.78 is 10.6. The monoisotopic (exact) mass is 272 g/mol. The van der Waals surface area contributed by atoms with Crippen LogP contribution in [0.1, 0.15) is 5.56 Å². The maximum atomic E-state index is 5.49. The molecule has 0 atom stereocenters. The van der Waals surface area contributed by atoms with Crippen LogP contribution in [0.25, 0.3) is 0 Å². The molecule has 1 aromatic carbocycles. The Morgan fingerprint density at radius 2 is 2.35 bits per heavy atom. The summed E-state index contributed by atoms with van der Waals surface area (Å²) >= 11 is 0. The van der Waals surface area contributed by atoms with E-state index in [0.29, 0.717) is 11.5 Å². The Morgan fingerprint density at radius 3 is 3.00 bits per heavy atom. The fourth-order valence-corrected chi connectivity index (χ4v) is 1.40. The fraction of sp³-hybridized carbons (Fsp3) is 0.167. The number of nitrogen functional groups attached to an aromatic ring is 1. The molecule has 0 radical (unpaired) electrons. The number of methoxy groups -OCH3 is 1. The first-order valence-corrected chi connectivity index (χ1v) is 5.57. The van der Waals surface area contributed by atoms with Crippen LogP contribution in [0.5, 0.6) is 11.5 Å². The molecule has 0 aliphatic heterocycles. The lowest BCUT2D eigenvalue weighted by Crippen LogP contribution is -2.00. The quantitative estimate of drug-likeness (QED) is 0.614. The van der Waals surface area contributed by atoms with Gasteiger partial charge >= 0.3 is 0 Å². The smallest absolute Gasteiger partial charge is 0.263 e. The average Bonchev–Trinajstić information content (AvgIpc) is 2.88. The molecule has 0 bridgehead atoms. The molecule has 0 fully saturated rings. The minimum Gasteiger partial charge on any atom is -0.493 e. The van der Waals surface area contributed by atoms with E-state index in [4.69, 9.17) is 21.6 Å². The number of terminal acetylenes is 1. The highest BCUT2D eigenvalue weighted by Crippen LogP contribution is 2.27. The Morgan fingerprint density at radius 1 is 1.50 bits per heavy atom. The standard InChI is InChI=1S/C12H12N6O2/c1-3-6-20-10-5-4-9(7-11(10)19-2)8-14-18-12(13)15-16-17-18/h1,4-5,7-8H,6H2,2H3,(H2,13,15,17). The van der Waals surface area contributed by atoms with Gasteiger partial charge in [-0.25, -0.2) is 0 Å². The Labute approximate surface area is 115 Å². The summed E-state index contributed by atoms with van der Waals surface area (Å²) in [6, 6.07) is 5.27. The minimum absolute atomic E-state index is 0.0992. The van der Waals surface area contributed by atoms with Crippen molar-refractivity contribution in [3.63, 3.8) is 0 Å². The van der Waals surface area contributed by atoms with Crippen molar-refractivity contribution in [1.82, 2.24) is 20.3 Å². The number of hydrogen-bond acceptors (Lipinski definition) is 7. The molecule has 1 heterocycles. The van der Waals surface area contributed by atoms with Crippen LogP contribution in [0, 0.1) is 12.3 Å². The molecule has 0 amide bonds. The third kappa shape index (κ3) is 3.02. The minimum atomic E-state index is 0.0992. The van der Waals surface area contributed by atoms with Crippen LogP contribution in [0.4, 0.5) is 5.95 Å². The highest BCUT2D eigenvalue weighted by Gasteiger charge is 2.04. The van der Waals surface area contributed by atoms with Crippen molar-refractivity contribution < 1.29 is 9.47 Å². The number of nitrogens with two attached hydrogens (primary N) is 1. The van der Waals surface area contributed by atoms with Gasteiger partial charge in [0, 0.05) is 0 Å². The SMILES string of the molecule is C#CCOc1ccc(C=Nn2nnnc2N)cc1OC. The lowest BCUT2D eigenvalue weighted by Gasteiger charge is -2.08. The van der Waals surface area contributed by atoms with E-state index in [2.05, 4.69) is 26.5 Å². The van der Waals surface area contributed by atoms with Gasteiger partial charge in [-0.15, -0.1) is 6.42 Å². The summed E-state index contributed by atoms with van der Waals surface area (Å²) in [6.07, 6.45) is 6.69. The topological polar surface area (TPSA) is 100 Å². The van der Waals surface area contributed by atoms with Crippen molar-refractivity contribution in [3.8, 4) is 23.8 Å². The predicted molar refractivity (Wildman–Crippen MR) is 72.5 cm³/mol. The molecule has 0 aliphatic carbocycles. The van der Waals surface area contributed by atoms with Gasteiger partial charge in [-0.05, 0) is 34.2 Å². The largest absolute Gasteiger partial charge is 0.493 e. The molecule has 0 unspecified atom stereocenters. The van der Waals surface area contributed by atoms with Gasteiger partial charge in [-0.3, -0.25) is 0 Å². The summed E-state index contributed by atoms with van der Waals surface area (Å²) in [5.41, 5.74) is 6.26. The van der Waals surface area contributed by atoms with Crippen molar-refractivity contribution in [3.05, 3.63) is 23.8 Å². The molecule has 1 aromatic heterocycles. The first kappa shape index (κ1) is 13.4. The van der Waals surface area contributed by atoms with Gasteiger partial charge in [0.25, 0.3) is 5.95 Å². The Bertz CT molecular complexity index is 658. The highest BCUT2D eigenvalue weighted by atomic mass is 16.5. The normalized spacial score (nSPS) is 10.4. The molecule has 0 saturated heterocycles. The zero-order valence-corrected chi connectivity index (χ0v) is 10.7. The maximum Gasteiger partial charge on any atom is 0.263 e. The zero-order valence-electron chi connectivity index (χ0n) is 10.7. The van der Waals surface area contributed by atoms with Crippen LogP contribution in [0.2, 0.25) is 0 Å². The zero-order chi connectivity index (χ0) is 14.4. The van der Waals surface area contributed by atoms with E-state index in [1.165, 1.54) is 7.11 Å². The van der Waals surface area contributed by atoms with E-state index in [1.54, 1.807) is 24.4 Å². The molecule has 8 nitrogen and oxygen atoms in total. The van der Waals surface area contributed by atoms with Crippen LogP contribution in [-0.4, -0.2) is 40.2 Å². The van der Waals surface area contributed by atoms with Crippen LogP contribution in [0.3, 0.4) is 0 Å². The summed E-state index contributed by atoms with van der Waals surface area (Å²) in [5, 5.41) is 14.5. The molecule has 2 aromatic rings. The number of hydrogen-bond donors (Lipinski definition) is 1. The van der Waals surface area contributed by atoms with Crippen LogP contribution >= 0.6 is 0 Å². The second-order valence-electron chi connectivity index (χ2n) is 3.57. The van der Waals surface area contributed by atoms with Crippen molar-refractivity contribution in [2.24, 2.45) is 5.10 Å². The lowest BCUT2D eigenvalue weighted by molar-refractivity contribution is 0.331. The first-order valence-electron chi connectivity index (χ1n) is 5.57. The number of benzene rings is 1. The summed E-state index contributed by atoms with van der Waals surface area (Å²) in [6.45, 7) is 0.172. The van der Waals surface area contributed by atoms with Gasteiger partial charge in [0.2, 0.25) is 0 Å². The van der Waals surface area contributed by atoms with Gasteiger partial charge in [0.15, 0.2) is 11.5 Å². The van der Waals surface area contributed by atoms with Crippen molar-refractivity contribution in [2.75, 3.05) is 19.5 Å². The second-order valence-corrected chi connectivity index (χ2v) is 3.57. The molecule has 20 heavy (non-hydrogen) atoms. The van der Waals surface area contributed by atoms with Gasteiger partial charge < -0.3 is 15.2 Å². The van der Waals surface area contributed by atoms with Gasteiger partial charge in [0.1, 0.15) is 6.61 Å². The Balaban J connectivity index is 2.19. The summed E-state index contributed by atoms with van der Waals surface area (Å²) in [4.78, 5) is 1.11. The predicted octanol–water partition coefficient (Wildman–Crippen LogP) is 0.158. The van der Waals surface area contributed by atoms with Crippen LogP contribution < -0.4 is 15.2 Å². The van der Waals surface area contributed by atoms with Gasteiger partial charge in [-0.1, -0.05) is 15.8 Å². The summed E-state index contributed by atoms with van der Waals surface area (Å²) in [5.74, 6) is 3.60. The number of ether oxygens (including phenoxy) is 2. The molecule has 8 heteroatoms. The second kappa shape index (κ2) is 6.19. The number of aromatic nitrogens is 4. The number of anilines is 1. The molecule has 0 spiro atoms. The van der Waals surface area contributed by atoms with E-state index in [0.717, 1.165) is 10.4 Å². The van der Waals surface area contributed by atoms with E-state index in [9.17, 15) is 0 Å². The summed E-state index contributed by atoms with van der Waals surface area (Å²) in [7, 11) is 1.54. The average molecular weight is 272 g/mol. The molecular weight excluding hydrogens is 260 g/mol. The first-order chi connectivity index (χ1) is 9.74. The molecule has 102 valence electrons. The lowest BCUT2D eigenvalue weighted by atomic mass is 10.2. The number of tetrazole rings is 1. The van der Waals surface area contributed by atoms with E-state index >= 15 is 0 Å². The van der Waals surface area contributed by atoms with Crippen molar-refractivity contribution in [2.45, 2.75) is 0 Å². The third-order valence-corrected chi connectivity index (χ3v) is 2.29. The molecule has 0 saturated carbocycles. The molecule has 2 rings (SSSR count). The maximum absolute atomic E-state index is 5.49. The molecule has 2 N–H and O–H groups in total. The van der Waals surface area contributed by atoms with Crippen LogP contribution in [0.15, 0.2) is 23.3 Å². The fourth-order valence-electron chi connectivity index (χ4n) is 1.40. The van der Waals surface area contributed by atoms with Crippen LogP contribution in [-0.2, 0) is 0 Å². The van der Waals surface area contributed by atoms with E-state index < -0.39 is 0 Å². The van der Waals surface area contributed by atoms with Gasteiger partial charge in [0.05, 0.1) is 13.3 Å². The molecular formula is C12H12N6O2. The highest BCUT2D eigenvalue weighted by molar-refractivity contribution is 5.80. The number of nitrogens with zero attached hydrogens (tertiary/aromatic N) is 5. The number of rotatable bonds is 5. The Hall–Kier alpha value is -3.08. The van der Waals surface area contributed by atoms with Crippen molar-refractivity contribution in [1.29, 1.82) is 0 Å². The van der Waals surface area contributed by atoms with E-state index in [1.807, 2.05) is 0 Å². The van der Waals surface area contributed by atoms with Gasteiger partial charge in [-0.2, -0.15) is 5.10 Å².